The van der Waals surface area contributed by atoms with Crippen LogP contribution in [0.3, 0.4) is 0 Å². The SMILES string of the molecule is C=C(OC)C(C#N)OC. The van der Waals surface area contributed by atoms with Crippen molar-refractivity contribution in [1.82, 2.24) is 0 Å². The van der Waals surface area contributed by atoms with Gasteiger partial charge in [-0.3, -0.25) is 0 Å². The van der Waals surface area contributed by atoms with Crippen LogP contribution in [0, 0.1) is 11.3 Å². The standard InChI is InChI=1S/C6H9NO2/c1-5(8-2)6(4-7)9-3/h6H,1H2,2-3H3. The maximum absolute atomic E-state index is 8.31. The molecular weight excluding hydrogens is 118 g/mol. The number of hydrogen-bond acceptors (Lipinski definition) is 3. The first-order chi connectivity index (χ1) is 4.26. The number of nitriles is 1. The molecule has 0 saturated carbocycles. The van der Waals surface area contributed by atoms with Crippen LogP contribution in [0.1, 0.15) is 0 Å². The Balaban J connectivity index is 3.84. The highest BCUT2D eigenvalue weighted by Crippen LogP contribution is 2.01. The molecule has 0 aromatic carbocycles. The summed E-state index contributed by atoms with van der Waals surface area (Å²) in [6.07, 6.45) is -0.644. The third kappa shape index (κ3) is 2.15. The molecule has 1 unspecified atom stereocenters. The maximum Gasteiger partial charge on any atom is 0.199 e. The highest BCUT2D eigenvalue weighted by molar-refractivity contribution is 5.05. The van der Waals surface area contributed by atoms with Crippen LogP contribution in [-0.4, -0.2) is 20.3 Å². The molecule has 0 aromatic rings. The Kier molecular flexibility index (Phi) is 3.49. The topological polar surface area (TPSA) is 42.2 Å². The van der Waals surface area contributed by atoms with Crippen LogP contribution in [-0.2, 0) is 9.47 Å². The van der Waals surface area contributed by atoms with Crippen LogP contribution in [0.15, 0.2) is 12.3 Å². The zero-order valence-electron chi connectivity index (χ0n) is 5.55. The summed E-state index contributed by atoms with van der Waals surface area (Å²) in [4.78, 5) is 0. The molecular formula is C6H9NO2. The second-order valence-corrected chi connectivity index (χ2v) is 1.42. The van der Waals surface area contributed by atoms with Gasteiger partial charge >= 0.3 is 0 Å². The predicted octanol–water partition coefficient (Wildman–Crippen LogP) is 0.685. The van der Waals surface area contributed by atoms with Gasteiger partial charge in [-0.1, -0.05) is 6.58 Å². The first-order valence-electron chi connectivity index (χ1n) is 2.41. The zero-order valence-corrected chi connectivity index (χ0v) is 5.55. The van der Waals surface area contributed by atoms with Crippen molar-refractivity contribution in [2.75, 3.05) is 14.2 Å². The van der Waals surface area contributed by atoms with Crippen LogP contribution in [0.4, 0.5) is 0 Å². The van der Waals surface area contributed by atoms with Crippen molar-refractivity contribution in [2.24, 2.45) is 0 Å². The molecule has 0 aromatic heterocycles. The highest BCUT2D eigenvalue weighted by Gasteiger charge is 2.08. The molecule has 0 N–H and O–H groups in total. The Morgan fingerprint density at radius 2 is 2.22 bits per heavy atom. The number of methoxy groups -OCH3 is 2. The molecule has 0 saturated heterocycles. The van der Waals surface area contributed by atoms with E-state index in [4.69, 9.17) is 5.26 Å². The summed E-state index contributed by atoms with van der Waals surface area (Å²) in [6.45, 7) is 3.45. The summed E-state index contributed by atoms with van der Waals surface area (Å²) in [6, 6.07) is 1.86. The van der Waals surface area contributed by atoms with Gasteiger partial charge in [-0.25, -0.2) is 0 Å². The lowest BCUT2D eigenvalue weighted by molar-refractivity contribution is 0.116. The monoisotopic (exact) mass is 127 g/mol. The molecule has 0 spiro atoms. The minimum atomic E-state index is -0.644. The van der Waals surface area contributed by atoms with Gasteiger partial charge in [-0.05, 0) is 0 Å². The van der Waals surface area contributed by atoms with E-state index in [2.05, 4.69) is 16.1 Å². The van der Waals surface area contributed by atoms with Gasteiger partial charge in [-0.15, -0.1) is 0 Å². The lowest BCUT2D eigenvalue weighted by Crippen LogP contribution is -2.10. The minimum Gasteiger partial charge on any atom is -0.498 e. The van der Waals surface area contributed by atoms with Crippen molar-refractivity contribution in [3.63, 3.8) is 0 Å². The third-order valence-corrected chi connectivity index (χ3v) is 0.908. The van der Waals surface area contributed by atoms with E-state index in [9.17, 15) is 0 Å². The molecule has 0 aliphatic carbocycles. The number of ether oxygens (including phenoxy) is 2. The van der Waals surface area contributed by atoms with E-state index in [1.165, 1.54) is 14.2 Å². The molecule has 9 heavy (non-hydrogen) atoms. The Labute approximate surface area is 54.5 Å². The molecule has 3 nitrogen and oxygen atoms in total. The van der Waals surface area contributed by atoms with Crippen LogP contribution in [0.5, 0.6) is 0 Å². The van der Waals surface area contributed by atoms with Crippen molar-refractivity contribution in [2.45, 2.75) is 6.10 Å². The van der Waals surface area contributed by atoms with Crippen molar-refractivity contribution in [3.05, 3.63) is 12.3 Å². The van der Waals surface area contributed by atoms with Gasteiger partial charge in [0.15, 0.2) is 6.10 Å². The lowest BCUT2D eigenvalue weighted by Gasteiger charge is -2.07. The Hall–Kier alpha value is -1.01. The van der Waals surface area contributed by atoms with Crippen LogP contribution >= 0.6 is 0 Å². The van der Waals surface area contributed by atoms with E-state index in [0.29, 0.717) is 5.76 Å². The molecule has 0 heterocycles. The van der Waals surface area contributed by atoms with E-state index < -0.39 is 6.10 Å². The smallest absolute Gasteiger partial charge is 0.199 e. The van der Waals surface area contributed by atoms with Crippen molar-refractivity contribution in [3.8, 4) is 6.07 Å². The summed E-state index contributed by atoms with van der Waals surface area (Å²) < 4.78 is 9.32. The fourth-order valence-corrected chi connectivity index (χ4v) is 0.363. The van der Waals surface area contributed by atoms with Crippen molar-refractivity contribution < 1.29 is 9.47 Å². The van der Waals surface area contributed by atoms with Gasteiger partial charge in [0.1, 0.15) is 11.8 Å². The average molecular weight is 127 g/mol. The van der Waals surface area contributed by atoms with Crippen LogP contribution in [0.2, 0.25) is 0 Å². The Morgan fingerprint density at radius 3 is 2.33 bits per heavy atom. The molecule has 0 rings (SSSR count). The molecule has 0 amide bonds. The molecule has 0 fully saturated rings. The van der Waals surface area contributed by atoms with Crippen LogP contribution in [0.25, 0.3) is 0 Å². The lowest BCUT2D eigenvalue weighted by atomic mass is 10.3. The molecule has 0 aliphatic heterocycles. The van der Waals surface area contributed by atoms with Gasteiger partial charge < -0.3 is 9.47 Å². The van der Waals surface area contributed by atoms with E-state index >= 15 is 0 Å². The summed E-state index contributed by atoms with van der Waals surface area (Å²) in [5.41, 5.74) is 0. The van der Waals surface area contributed by atoms with Gasteiger partial charge in [0.25, 0.3) is 0 Å². The Bertz CT molecular complexity index is 136. The van der Waals surface area contributed by atoms with Crippen molar-refractivity contribution in [1.29, 1.82) is 5.26 Å². The maximum atomic E-state index is 8.31. The first-order valence-corrected chi connectivity index (χ1v) is 2.41. The quantitative estimate of drug-likeness (QED) is 0.523. The second kappa shape index (κ2) is 3.93. The summed E-state index contributed by atoms with van der Waals surface area (Å²) in [7, 11) is 2.88. The summed E-state index contributed by atoms with van der Waals surface area (Å²) in [5, 5.41) is 8.31. The van der Waals surface area contributed by atoms with Gasteiger partial charge in [0, 0.05) is 7.11 Å². The molecule has 1 atom stereocenters. The second-order valence-electron chi connectivity index (χ2n) is 1.42. The number of rotatable bonds is 3. The largest absolute Gasteiger partial charge is 0.498 e. The van der Waals surface area contributed by atoms with E-state index in [1.807, 2.05) is 6.07 Å². The van der Waals surface area contributed by atoms with Gasteiger partial charge in [0.05, 0.1) is 7.11 Å². The van der Waals surface area contributed by atoms with Gasteiger partial charge in [0.2, 0.25) is 0 Å². The molecule has 0 radical (unpaired) electrons. The van der Waals surface area contributed by atoms with E-state index in [-0.39, 0.29) is 0 Å². The minimum absolute atomic E-state index is 0.333. The van der Waals surface area contributed by atoms with Crippen molar-refractivity contribution >= 4 is 0 Å². The molecule has 3 heteroatoms. The number of hydrogen-bond donors (Lipinski definition) is 0. The van der Waals surface area contributed by atoms with Gasteiger partial charge in [-0.2, -0.15) is 5.26 Å². The summed E-state index contributed by atoms with van der Waals surface area (Å²) in [5.74, 6) is 0.333. The highest BCUT2D eigenvalue weighted by atomic mass is 16.5. The number of nitrogens with zero attached hydrogens (tertiary/aromatic N) is 1. The fraction of sp³-hybridized carbons (Fsp3) is 0.500. The zero-order chi connectivity index (χ0) is 7.28. The average Bonchev–Trinajstić information content (AvgIpc) is 1.90. The molecule has 0 bridgehead atoms. The predicted molar refractivity (Wildman–Crippen MR) is 32.6 cm³/mol. The van der Waals surface area contributed by atoms with Crippen LogP contribution < -0.4 is 0 Å². The normalized spacial score (nSPS) is 11.7. The van der Waals surface area contributed by atoms with E-state index in [1.54, 1.807) is 0 Å². The van der Waals surface area contributed by atoms with E-state index in [0.717, 1.165) is 0 Å². The Morgan fingerprint density at radius 1 is 1.67 bits per heavy atom. The first kappa shape index (κ1) is 7.99. The molecule has 0 aliphatic rings. The molecule has 50 valence electrons. The third-order valence-electron chi connectivity index (χ3n) is 0.908. The fourth-order valence-electron chi connectivity index (χ4n) is 0.363. The summed E-state index contributed by atoms with van der Waals surface area (Å²) >= 11 is 0.